The van der Waals surface area contributed by atoms with Crippen LogP contribution in [-0.2, 0) is 13.0 Å². The van der Waals surface area contributed by atoms with Gasteiger partial charge in [-0.05, 0) is 12.5 Å². The quantitative estimate of drug-likeness (QED) is 0.924. The van der Waals surface area contributed by atoms with Crippen molar-refractivity contribution in [2.75, 3.05) is 27.1 Å². The van der Waals surface area contributed by atoms with Gasteiger partial charge in [0.15, 0.2) is 11.5 Å². The number of nitrogen functional groups attached to an aromatic ring is 1. The fourth-order valence-corrected chi connectivity index (χ4v) is 3.03. The van der Waals surface area contributed by atoms with Crippen molar-refractivity contribution in [3.8, 4) is 17.2 Å². The number of fused-ring (bicyclic) bond motifs is 1. The molecule has 22 heavy (non-hydrogen) atoms. The topological polar surface area (TPSA) is 84.4 Å². The number of hydrogen-bond donors (Lipinski definition) is 1. The molecule has 7 nitrogen and oxygen atoms in total. The largest absolute Gasteiger partial charge is 0.493 e. The lowest BCUT2D eigenvalue weighted by atomic mass is 9.90. The van der Waals surface area contributed by atoms with E-state index in [-0.39, 0.29) is 5.92 Å². The van der Waals surface area contributed by atoms with Gasteiger partial charge in [-0.2, -0.15) is 4.98 Å². The number of methoxy groups -OCH3 is 3. The summed E-state index contributed by atoms with van der Waals surface area (Å²) in [5.41, 5.74) is 6.76. The SMILES string of the molecule is COc1ccc(C2CCc3nc(N)nn3C2)c(OC)c1OC. The summed E-state index contributed by atoms with van der Waals surface area (Å²) < 4.78 is 18.2. The van der Waals surface area contributed by atoms with Crippen LogP contribution in [0.5, 0.6) is 17.2 Å². The van der Waals surface area contributed by atoms with E-state index in [1.54, 1.807) is 21.3 Å². The van der Waals surface area contributed by atoms with Crippen LogP contribution in [0, 0.1) is 0 Å². The number of aromatic nitrogens is 3. The molecule has 1 unspecified atom stereocenters. The van der Waals surface area contributed by atoms with Gasteiger partial charge in [0.1, 0.15) is 5.82 Å². The second-order valence-electron chi connectivity index (χ2n) is 5.23. The minimum Gasteiger partial charge on any atom is -0.493 e. The average molecular weight is 304 g/mol. The first-order chi connectivity index (χ1) is 10.7. The molecule has 1 atom stereocenters. The number of aryl methyl sites for hydroxylation is 1. The van der Waals surface area contributed by atoms with Crippen LogP contribution < -0.4 is 19.9 Å². The third-order valence-electron chi connectivity index (χ3n) is 4.05. The van der Waals surface area contributed by atoms with Crippen molar-refractivity contribution < 1.29 is 14.2 Å². The summed E-state index contributed by atoms with van der Waals surface area (Å²) >= 11 is 0. The number of benzene rings is 1. The van der Waals surface area contributed by atoms with Crippen molar-refractivity contribution in [2.45, 2.75) is 25.3 Å². The van der Waals surface area contributed by atoms with E-state index in [1.807, 2.05) is 16.8 Å². The number of anilines is 1. The Labute approximate surface area is 129 Å². The van der Waals surface area contributed by atoms with E-state index in [1.165, 1.54) is 0 Å². The van der Waals surface area contributed by atoms with Gasteiger partial charge in [0.05, 0.1) is 27.9 Å². The van der Waals surface area contributed by atoms with Crippen LogP contribution >= 0.6 is 0 Å². The Morgan fingerprint density at radius 2 is 1.91 bits per heavy atom. The highest BCUT2D eigenvalue weighted by molar-refractivity contribution is 5.56. The molecule has 0 amide bonds. The fourth-order valence-electron chi connectivity index (χ4n) is 3.03. The zero-order chi connectivity index (χ0) is 15.7. The highest BCUT2D eigenvalue weighted by Crippen LogP contribution is 2.44. The van der Waals surface area contributed by atoms with Gasteiger partial charge in [-0.3, -0.25) is 0 Å². The van der Waals surface area contributed by atoms with E-state index in [4.69, 9.17) is 19.9 Å². The van der Waals surface area contributed by atoms with Gasteiger partial charge in [-0.15, -0.1) is 5.10 Å². The molecule has 3 rings (SSSR count). The Morgan fingerprint density at radius 1 is 1.14 bits per heavy atom. The lowest BCUT2D eigenvalue weighted by Gasteiger charge is -2.25. The highest BCUT2D eigenvalue weighted by Gasteiger charge is 2.27. The van der Waals surface area contributed by atoms with Gasteiger partial charge in [-0.25, -0.2) is 4.68 Å². The normalized spacial score (nSPS) is 17.0. The molecule has 1 aliphatic rings. The molecule has 0 saturated heterocycles. The molecule has 7 heteroatoms. The molecule has 118 valence electrons. The van der Waals surface area contributed by atoms with Crippen LogP contribution in [0.1, 0.15) is 23.7 Å². The number of hydrogen-bond acceptors (Lipinski definition) is 6. The Hall–Kier alpha value is -2.44. The second kappa shape index (κ2) is 5.75. The van der Waals surface area contributed by atoms with Crippen molar-refractivity contribution >= 4 is 5.95 Å². The third kappa shape index (κ3) is 2.32. The summed E-state index contributed by atoms with van der Waals surface area (Å²) in [7, 11) is 4.87. The van der Waals surface area contributed by atoms with Crippen molar-refractivity contribution in [3.05, 3.63) is 23.5 Å². The summed E-state index contributed by atoms with van der Waals surface area (Å²) in [4.78, 5) is 4.24. The van der Waals surface area contributed by atoms with Gasteiger partial charge >= 0.3 is 0 Å². The molecule has 2 N–H and O–H groups in total. The zero-order valence-electron chi connectivity index (χ0n) is 13.0. The molecule has 0 radical (unpaired) electrons. The van der Waals surface area contributed by atoms with Crippen molar-refractivity contribution in [1.82, 2.24) is 14.8 Å². The average Bonchev–Trinajstić information content (AvgIpc) is 2.92. The van der Waals surface area contributed by atoms with Crippen molar-refractivity contribution in [1.29, 1.82) is 0 Å². The molecule has 2 heterocycles. The maximum absolute atomic E-state index is 5.68. The van der Waals surface area contributed by atoms with E-state index in [0.717, 1.165) is 30.8 Å². The standard InChI is InChI=1S/C15H20N4O3/c1-20-11-6-5-10(13(21-2)14(11)22-3)9-4-7-12-17-15(16)18-19(12)8-9/h5-6,9H,4,7-8H2,1-3H3,(H2,16,18). The van der Waals surface area contributed by atoms with Crippen LogP contribution in [0.15, 0.2) is 12.1 Å². The molecule has 1 aliphatic heterocycles. The summed E-state index contributed by atoms with van der Waals surface area (Å²) in [6, 6.07) is 3.93. The molecule has 0 fully saturated rings. The Balaban J connectivity index is 1.98. The smallest absolute Gasteiger partial charge is 0.239 e. The molecule has 0 spiro atoms. The molecule has 0 aliphatic carbocycles. The van der Waals surface area contributed by atoms with E-state index >= 15 is 0 Å². The summed E-state index contributed by atoms with van der Waals surface area (Å²) in [6.07, 6.45) is 1.80. The lowest BCUT2D eigenvalue weighted by molar-refractivity contribution is 0.316. The number of rotatable bonds is 4. The fraction of sp³-hybridized carbons (Fsp3) is 0.467. The molecule has 0 saturated carbocycles. The molecule has 0 bridgehead atoms. The predicted molar refractivity (Wildman–Crippen MR) is 81.6 cm³/mol. The first-order valence-corrected chi connectivity index (χ1v) is 7.16. The third-order valence-corrected chi connectivity index (χ3v) is 4.05. The maximum atomic E-state index is 5.68. The van der Waals surface area contributed by atoms with Gasteiger partial charge in [0.25, 0.3) is 0 Å². The predicted octanol–water partition coefficient (Wildman–Crippen LogP) is 1.62. The zero-order valence-corrected chi connectivity index (χ0v) is 13.0. The second-order valence-corrected chi connectivity index (χ2v) is 5.23. The minimum atomic E-state index is 0.267. The monoisotopic (exact) mass is 304 g/mol. The van der Waals surface area contributed by atoms with E-state index in [9.17, 15) is 0 Å². The Kier molecular flexibility index (Phi) is 3.79. The van der Waals surface area contributed by atoms with Crippen molar-refractivity contribution in [3.63, 3.8) is 0 Å². The highest BCUT2D eigenvalue weighted by atomic mass is 16.5. The van der Waals surface area contributed by atoms with Crippen LogP contribution in [0.3, 0.4) is 0 Å². The van der Waals surface area contributed by atoms with Crippen LogP contribution in [0.2, 0.25) is 0 Å². The first-order valence-electron chi connectivity index (χ1n) is 7.16. The van der Waals surface area contributed by atoms with Gasteiger partial charge < -0.3 is 19.9 Å². The Bertz CT molecular complexity index is 684. The minimum absolute atomic E-state index is 0.267. The van der Waals surface area contributed by atoms with Crippen LogP contribution in [0.4, 0.5) is 5.95 Å². The maximum Gasteiger partial charge on any atom is 0.239 e. The molecular formula is C15H20N4O3. The van der Waals surface area contributed by atoms with Crippen LogP contribution in [0.25, 0.3) is 0 Å². The van der Waals surface area contributed by atoms with E-state index < -0.39 is 0 Å². The molecule has 1 aromatic carbocycles. The molecular weight excluding hydrogens is 284 g/mol. The van der Waals surface area contributed by atoms with E-state index in [2.05, 4.69) is 10.1 Å². The summed E-state index contributed by atoms with van der Waals surface area (Å²) in [5, 5.41) is 4.25. The number of nitrogens with zero attached hydrogens (tertiary/aromatic N) is 3. The van der Waals surface area contributed by atoms with Crippen LogP contribution in [-0.4, -0.2) is 36.1 Å². The summed E-state index contributed by atoms with van der Waals surface area (Å²) in [6.45, 7) is 0.728. The lowest BCUT2D eigenvalue weighted by Crippen LogP contribution is -2.20. The Morgan fingerprint density at radius 3 is 2.59 bits per heavy atom. The van der Waals surface area contributed by atoms with Gasteiger partial charge in [0, 0.05) is 17.9 Å². The first kappa shape index (κ1) is 14.5. The molecule has 1 aromatic heterocycles. The van der Waals surface area contributed by atoms with Gasteiger partial charge in [-0.1, -0.05) is 6.07 Å². The summed E-state index contributed by atoms with van der Waals surface area (Å²) in [5.74, 6) is 3.52. The number of nitrogens with two attached hydrogens (primary N) is 1. The van der Waals surface area contributed by atoms with Gasteiger partial charge in [0.2, 0.25) is 11.7 Å². The van der Waals surface area contributed by atoms with E-state index in [0.29, 0.717) is 23.2 Å². The number of ether oxygens (including phenoxy) is 3. The van der Waals surface area contributed by atoms with Crippen molar-refractivity contribution in [2.24, 2.45) is 0 Å². The molecule has 2 aromatic rings.